The lowest BCUT2D eigenvalue weighted by atomic mass is 10.1. The van der Waals surface area contributed by atoms with E-state index in [-0.39, 0.29) is 16.6 Å². The van der Waals surface area contributed by atoms with Gasteiger partial charge in [0, 0.05) is 21.6 Å². The molecule has 0 unspecified atom stereocenters. The summed E-state index contributed by atoms with van der Waals surface area (Å²) < 4.78 is 38.1. The minimum atomic E-state index is -4.51. The van der Waals surface area contributed by atoms with E-state index in [1.807, 2.05) is 0 Å². The van der Waals surface area contributed by atoms with Crippen LogP contribution < -0.4 is 5.32 Å². The van der Waals surface area contributed by atoms with Gasteiger partial charge in [-0.25, -0.2) is 4.98 Å². The highest BCUT2D eigenvalue weighted by Gasteiger charge is 2.33. The van der Waals surface area contributed by atoms with Crippen molar-refractivity contribution in [1.29, 1.82) is 0 Å². The van der Waals surface area contributed by atoms with E-state index in [1.54, 1.807) is 11.6 Å². The molecule has 0 aliphatic carbocycles. The van der Waals surface area contributed by atoms with E-state index in [2.05, 4.69) is 26.2 Å². The molecule has 1 aromatic carbocycles. The number of carbonyl (C=O) groups is 1. The summed E-state index contributed by atoms with van der Waals surface area (Å²) in [6.07, 6.45) is -2.92. The topological polar surface area (TPSA) is 42.0 Å². The summed E-state index contributed by atoms with van der Waals surface area (Å²) in [6, 6.07) is 3.36. The van der Waals surface area contributed by atoms with Crippen LogP contribution in [0.3, 0.4) is 0 Å². The number of hydrogen-bond donors (Lipinski definition) is 1. The lowest BCUT2D eigenvalue weighted by molar-refractivity contribution is -0.138. The highest BCUT2D eigenvalue weighted by atomic mass is 79.9. The number of rotatable bonds is 3. The predicted octanol–water partition coefficient (Wildman–Crippen LogP) is 3.85. The number of benzene rings is 1. The molecule has 0 fully saturated rings. The largest absolute Gasteiger partial charge is 0.417 e. The molecule has 1 aromatic heterocycles. The molecule has 20 heavy (non-hydrogen) atoms. The first-order valence-electron chi connectivity index (χ1n) is 5.41. The van der Waals surface area contributed by atoms with E-state index in [4.69, 9.17) is 0 Å². The number of carbonyl (C=O) groups excluding carboxylic acids is 1. The monoisotopic (exact) mass is 364 g/mol. The van der Waals surface area contributed by atoms with Crippen LogP contribution in [0, 0.1) is 0 Å². The van der Waals surface area contributed by atoms with Crippen molar-refractivity contribution in [3.63, 3.8) is 0 Å². The van der Waals surface area contributed by atoms with Crippen LogP contribution in [0.15, 0.2) is 34.2 Å². The minimum Gasteiger partial charge on any atom is -0.346 e. The summed E-state index contributed by atoms with van der Waals surface area (Å²) in [5.74, 6) is -0.571. The van der Waals surface area contributed by atoms with Crippen LogP contribution in [0.2, 0.25) is 0 Å². The summed E-state index contributed by atoms with van der Waals surface area (Å²) in [5.41, 5.74) is -0.920. The van der Waals surface area contributed by atoms with Gasteiger partial charge in [0.25, 0.3) is 5.91 Å². The molecule has 0 radical (unpaired) electrons. The fraction of sp³-hybridized carbons (Fsp3) is 0.167. The number of hydrogen-bond acceptors (Lipinski definition) is 3. The molecule has 0 atom stereocenters. The molecule has 106 valence electrons. The zero-order chi connectivity index (χ0) is 14.8. The second kappa shape index (κ2) is 5.92. The van der Waals surface area contributed by atoms with Crippen molar-refractivity contribution in [2.75, 3.05) is 0 Å². The molecule has 8 heteroatoms. The molecule has 1 amide bonds. The first-order valence-corrected chi connectivity index (χ1v) is 7.08. The number of thiazole rings is 1. The van der Waals surface area contributed by atoms with Crippen molar-refractivity contribution in [1.82, 2.24) is 10.3 Å². The zero-order valence-corrected chi connectivity index (χ0v) is 12.3. The first kappa shape index (κ1) is 15.0. The molecule has 2 aromatic rings. The van der Waals surface area contributed by atoms with Gasteiger partial charge >= 0.3 is 6.18 Å². The van der Waals surface area contributed by atoms with Gasteiger partial charge in [0.1, 0.15) is 5.01 Å². The van der Waals surface area contributed by atoms with Gasteiger partial charge in [0.2, 0.25) is 0 Å². The number of halogens is 4. The molecule has 1 N–H and O–H groups in total. The molecule has 0 spiro atoms. The van der Waals surface area contributed by atoms with Crippen LogP contribution in [0.5, 0.6) is 0 Å². The van der Waals surface area contributed by atoms with Crippen LogP contribution in [0.4, 0.5) is 13.2 Å². The average molecular weight is 365 g/mol. The summed E-state index contributed by atoms with van der Waals surface area (Å²) >= 11 is 4.18. The van der Waals surface area contributed by atoms with Crippen molar-refractivity contribution >= 4 is 33.2 Å². The highest BCUT2D eigenvalue weighted by Crippen LogP contribution is 2.35. The smallest absolute Gasteiger partial charge is 0.346 e. The van der Waals surface area contributed by atoms with E-state index in [9.17, 15) is 18.0 Å². The van der Waals surface area contributed by atoms with E-state index in [0.717, 1.165) is 6.07 Å². The average Bonchev–Trinajstić information content (AvgIpc) is 2.88. The van der Waals surface area contributed by atoms with Crippen molar-refractivity contribution < 1.29 is 18.0 Å². The van der Waals surface area contributed by atoms with E-state index in [1.165, 1.54) is 23.5 Å². The van der Waals surface area contributed by atoms with Gasteiger partial charge in [0.05, 0.1) is 12.1 Å². The van der Waals surface area contributed by atoms with E-state index in [0.29, 0.717) is 5.01 Å². The number of nitrogens with one attached hydrogen (secondary N) is 1. The molecule has 2 rings (SSSR count). The number of amides is 1. The van der Waals surface area contributed by atoms with E-state index >= 15 is 0 Å². The van der Waals surface area contributed by atoms with Crippen LogP contribution in [-0.2, 0) is 12.7 Å². The molecule has 3 nitrogen and oxygen atoms in total. The van der Waals surface area contributed by atoms with Crippen LogP contribution >= 0.6 is 27.3 Å². The Labute approximate surface area is 125 Å². The van der Waals surface area contributed by atoms with Gasteiger partial charge in [-0.3, -0.25) is 4.79 Å². The van der Waals surface area contributed by atoms with Crippen LogP contribution in [-0.4, -0.2) is 10.9 Å². The Hall–Kier alpha value is -1.41. The fourth-order valence-electron chi connectivity index (χ4n) is 1.48. The highest BCUT2D eigenvalue weighted by molar-refractivity contribution is 9.10. The molecule has 0 saturated heterocycles. The number of alkyl halides is 3. The van der Waals surface area contributed by atoms with Gasteiger partial charge in [-0.2, -0.15) is 13.2 Å². The summed E-state index contributed by atoms with van der Waals surface area (Å²) in [4.78, 5) is 15.8. The van der Waals surface area contributed by atoms with Crippen molar-refractivity contribution in [3.8, 4) is 0 Å². The quantitative estimate of drug-likeness (QED) is 0.898. The Morgan fingerprint density at radius 2 is 2.15 bits per heavy atom. The van der Waals surface area contributed by atoms with Crippen LogP contribution in [0.1, 0.15) is 20.9 Å². The lowest BCUT2D eigenvalue weighted by Gasteiger charge is -2.11. The van der Waals surface area contributed by atoms with Gasteiger partial charge in [0.15, 0.2) is 0 Å². The van der Waals surface area contributed by atoms with Crippen molar-refractivity contribution in [2.45, 2.75) is 12.7 Å². The fourth-order valence-corrected chi connectivity index (χ4v) is 2.51. The van der Waals surface area contributed by atoms with Gasteiger partial charge in [-0.15, -0.1) is 11.3 Å². The normalized spacial score (nSPS) is 11.4. The second-order valence-electron chi connectivity index (χ2n) is 3.80. The Balaban J connectivity index is 2.14. The Morgan fingerprint density at radius 1 is 1.40 bits per heavy atom. The Bertz CT molecular complexity index is 614. The third-order valence-corrected chi connectivity index (χ3v) is 3.89. The summed E-state index contributed by atoms with van der Waals surface area (Å²) in [6.45, 7) is 0.188. The molecule has 0 aliphatic rings. The Kier molecular flexibility index (Phi) is 4.44. The number of nitrogens with zero attached hydrogens (tertiary/aromatic N) is 1. The molecule has 0 aliphatic heterocycles. The third-order valence-electron chi connectivity index (χ3n) is 2.42. The number of aromatic nitrogens is 1. The third kappa shape index (κ3) is 3.57. The lowest BCUT2D eigenvalue weighted by Crippen LogP contribution is -2.23. The predicted molar refractivity (Wildman–Crippen MR) is 72.4 cm³/mol. The van der Waals surface area contributed by atoms with E-state index < -0.39 is 17.6 Å². The maximum absolute atomic E-state index is 12.7. The maximum atomic E-state index is 12.7. The molecular weight excluding hydrogens is 357 g/mol. The van der Waals surface area contributed by atoms with Gasteiger partial charge < -0.3 is 5.32 Å². The van der Waals surface area contributed by atoms with Gasteiger partial charge in [-0.1, -0.05) is 15.9 Å². The molecule has 0 bridgehead atoms. The molecular formula is C12H8BrF3N2OS. The maximum Gasteiger partial charge on any atom is 0.417 e. The van der Waals surface area contributed by atoms with Crippen LogP contribution in [0.25, 0.3) is 0 Å². The first-order chi connectivity index (χ1) is 9.38. The second-order valence-corrected chi connectivity index (χ2v) is 5.63. The summed E-state index contributed by atoms with van der Waals surface area (Å²) in [5, 5.41) is 4.97. The zero-order valence-electron chi connectivity index (χ0n) is 9.87. The van der Waals surface area contributed by atoms with Crippen molar-refractivity contribution in [3.05, 3.63) is 50.4 Å². The summed E-state index contributed by atoms with van der Waals surface area (Å²) in [7, 11) is 0. The Morgan fingerprint density at radius 3 is 2.75 bits per heavy atom. The standard InChI is InChI=1S/C12H8BrF3N2OS/c13-9-2-1-7(5-8(9)12(14,15)16)11(19)18-6-10-17-3-4-20-10/h1-5H,6H2,(H,18,19). The minimum absolute atomic E-state index is 0.0444. The van der Waals surface area contributed by atoms with Crippen molar-refractivity contribution in [2.24, 2.45) is 0 Å². The molecule has 0 saturated carbocycles. The SMILES string of the molecule is O=C(NCc1nccs1)c1ccc(Br)c(C(F)(F)F)c1. The molecule has 1 heterocycles. The van der Waals surface area contributed by atoms with Gasteiger partial charge in [-0.05, 0) is 18.2 Å².